The number of hydrogen-bond donors (Lipinski definition) is 2. The highest BCUT2D eigenvalue weighted by Crippen LogP contribution is 2.30. The van der Waals surface area contributed by atoms with Crippen LogP contribution in [0.15, 0.2) is 48.5 Å². The third-order valence-electron chi connectivity index (χ3n) is 4.54. The van der Waals surface area contributed by atoms with E-state index in [9.17, 15) is 14.0 Å². The SMILES string of the molecule is CCCCN(C(=O)c1ccccc1F)c1nnc(-c2ccc(CNCC(=O)O)cc2)s1. The number of carbonyl (C=O) groups is 2. The normalized spacial score (nSPS) is 10.8. The van der Waals surface area contributed by atoms with Crippen LogP contribution < -0.4 is 10.2 Å². The van der Waals surface area contributed by atoms with Gasteiger partial charge in [-0.2, -0.15) is 0 Å². The topological polar surface area (TPSA) is 95.4 Å². The van der Waals surface area contributed by atoms with Crippen molar-refractivity contribution in [1.29, 1.82) is 0 Å². The van der Waals surface area contributed by atoms with E-state index in [1.807, 2.05) is 31.2 Å². The number of rotatable bonds is 10. The fraction of sp³-hybridized carbons (Fsp3) is 0.273. The molecule has 1 aromatic heterocycles. The molecule has 1 heterocycles. The first-order chi connectivity index (χ1) is 15.0. The van der Waals surface area contributed by atoms with Crippen LogP contribution in [0.2, 0.25) is 0 Å². The van der Waals surface area contributed by atoms with Crippen molar-refractivity contribution in [1.82, 2.24) is 15.5 Å². The van der Waals surface area contributed by atoms with Crippen molar-refractivity contribution in [3.63, 3.8) is 0 Å². The Morgan fingerprint density at radius 1 is 1.13 bits per heavy atom. The maximum absolute atomic E-state index is 14.2. The molecular formula is C22H23FN4O3S. The van der Waals surface area contributed by atoms with Crippen molar-refractivity contribution >= 4 is 28.3 Å². The zero-order chi connectivity index (χ0) is 22.2. The molecule has 7 nitrogen and oxygen atoms in total. The second-order valence-corrected chi connectivity index (χ2v) is 7.83. The third kappa shape index (κ3) is 5.93. The smallest absolute Gasteiger partial charge is 0.317 e. The molecule has 0 aliphatic rings. The lowest BCUT2D eigenvalue weighted by molar-refractivity contribution is -0.136. The number of benzene rings is 2. The number of nitrogens with zero attached hydrogens (tertiary/aromatic N) is 3. The first-order valence-electron chi connectivity index (χ1n) is 9.91. The Bertz CT molecular complexity index is 1040. The molecule has 0 spiro atoms. The van der Waals surface area contributed by atoms with Crippen LogP contribution in [0, 0.1) is 5.82 Å². The van der Waals surface area contributed by atoms with E-state index < -0.39 is 17.7 Å². The molecule has 1 amide bonds. The van der Waals surface area contributed by atoms with E-state index in [1.165, 1.54) is 28.4 Å². The highest BCUT2D eigenvalue weighted by molar-refractivity contribution is 7.18. The quantitative estimate of drug-likeness (QED) is 0.493. The van der Waals surface area contributed by atoms with E-state index >= 15 is 0 Å². The van der Waals surface area contributed by atoms with Gasteiger partial charge in [-0.25, -0.2) is 4.39 Å². The summed E-state index contributed by atoms with van der Waals surface area (Å²) in [6.07, 6.45) is 1.64. The Balaban J connectivity index is 1.78. The number of unbranched alkanes of at least 4 members (excludes halogenated alkanes) is 1. The van der Waals surface area contributed by atoms with Gasteiger partial charge in [0.2, 0.25) is 5.13 Å². The highest BCUT2D eigenvalue weighted by Gasteiger charge is 2.23. The zero-order valence-corrected chi connectivity index (χ0v) is 17.9. The molecular weight excluding hydrogens is 419 g/mol. The van der Waals surface area contributed by atoms with Crippen LogP contribution in [0.4, 0.5) is 9.52 Å². The van der Waals surface area contributed by atoms with Gasteiger partial charge in [0.25, 0.3) is 5.91 Å². The molecule has 31 heavy (non-hydrogen) atoms. The Labute approximate surface area is 183 Å². The molecule has 0 atom stereocenters. The van der Waals surface area contributed by atoms with E-state index in [2.05, 4.69) is 15.5 Å². The Morgan fingerprint density at radius 2 is 1.87 bits per heavy atom. The maximum atomic E-state index is 14.2. The average Bonchev–Trinajstić information content (AvgIpc) is 3.24. The van der Waals surface area contributed by atoms with Crippen molar-refractivity contribution in [3.05, 3.63) is 65.5 Å². The highest BCUT2D eigenvalue weighted by atomic mass is 32.1. The number of nitrogens with one attached hydrogen (secondary N) is 1. The second-order valence-electron chi connectivity index (χ2n) is 6.87. The van der Waals surface area contributed by atoms with Gasteiger partial charge in [-0.1, -0.05) is 61.1 Å². The first-order valence-corrected chi connectivity index (χ1v) is 10.7. The lowest BCUT2D eigenvalue weighted by Crippen LogP contribution is -2.32. The number of carbonyl (C=O) groups excluding carboxylic acids is 1. The Morgan fingerprint density at radius 3 is 2.55 bits per heavy atom. The lowest BCUT2D eigenvalue weighted by atomic mass is 10.1. The van der Waals surface area contributed by atoms with E-state index in [1.54, 1.807) is 12.1 Å². The van der Waals surface area contributed by atoms with Crippen LogP contribution >= 0.6 is 11.3 Å². The second kappa shape index (κ2) is 10.7. The minimum Gasteiger partial charge on any atom is -0.480 e. The first kappa shape index (κ1) is 22.5. The molecule has 3 aromatic rings. The summed E-state index contributed by atoms with van der Waals surface area (Å²) in [6, 6.07) is 13.4. The summed E-state index contributed by atoms with van der Waals surface area (Å²) < 4.78 is 14.2. The minimum atomic E-state index is -0.907. The number of amides is 1. The number of anilines is 1. The Kier molecular flexibility index (Phi) is 7.80. The van der Waals surface area contributed by atoms with Gasteiger partial charge in [-0.15, -0.1) is 10.2 Å². The van der Waals surface area contributed by atoms with Gasteiger partial charge in [0, 0.05) is 18.7 Å². The van der Waals surface area contributed by atoms with Gasteiger partial charge in [0.05, 0.1) is 12.1 Å². The molecule has 9 heteroatoms. The number of carboxylic acid groups (broad SMARTS) is 1. The van der Waals surface area contributed by atoms with E-state index in [4.69, 9.17) is 5.11 Å². The molecule has 0 saturated carbocycles. The van der Waals surface area contributed by atoms with Gasteiger partial charge in [-0.05, 0) is 24.1 Å². The van der Waals surface area contributed by atoms with E-state index in [-0.39, 0.29) is 12.1 Å². The maximum Gasteiger partial charge on any atom is 0.317 e. The van der Waals surface area contributed by atoms with Crippen LogP contribution in [-0.4, -0.2) is 40.3 Å². The van der Waals surface area contributed by atoms with Gasteiger partial charge < -0.3 is 10.4 Å². The van der Waals surface area contributed by atoms with Crippen LogP contribution in [0.5, 0.6) is 0 Å². The van der Waals surface area contributed by atoms with Crippen LogP contribution in [0.25, 0.3) is 10.6 Å². The summed E-state index contributed by atoms with van der Waals surface area (Å²) in [5, 5.41) is 21.0. The summed E-state index contributed by atoms with van der Waals surface area (Å²) in [7, 11) is 0. The van der Waals surface area contributed by atoms with Crippen molar-refractivity contribution in [3.8, 4) is 10.6 Å². The molecule has 2 aromatic carbocycles. The summed E-state index contributed by atoms with van der Waals surface area (Å²) >= 11 is 1.27. The van der Waals surface area contributed by atoms with Crippen molar-refractivity contribution in [2.45, 2.75) is 26.3 Å². The third-order valence-corrected chi connectivity index (χ3v) is 5.53. The standard InChI is InChI=1S/C22H23FN4O3S/c1-2-3-12-27(21(30)17-6-4-5-7-18(17)23)22-26-25-20(31-22)16-10-8-15(9-11-16)13-24-14-19(28)29/h4-11,24H,2-3,12-14H2,1H3,(H,28,29). The summed E-state index contributed by atoms with van der Waals surface area (Å²) in [5.74, 6) is -1.91. The lowest BCUT2D eigenvalue weighted by Gasteiger charge is -2.19. The molecule has 0 unspecified atom stereocenters. The molecule has 162 valence electrons. The number of aromatic nitrogens is 2. The number of hydrogen-bond acceptors (Lipinski definition) is 6. The van der Waals surface area contributed by atoms with E-state index in [0.717, 1.165) is 24.0 Å². The summed E-state index contributed by atoms with van der Waals surface area (Å²) in [6.45, 7) is 2.78. The molecule has 0 bridgehead atoms. The Hall–Kier alpha value is -3.17. The molecule has 0 radical (unpaired) electrons. The molecule has 0 fully saturated rings. The van der Waals surface area contributed by atoms with Gasteiger partial charge in [0.15, 0.2) is 0 Å². The molecule has 0 aliphatic heterocycles. The van der Waals surface area contributed by atoms with Gasteiger partial charge in [-0.3, -0.25) is 14.5 Å². The van der Waals surface area contributed by atoms with Gasteiger partial charge >= 0.3 is 5.97 Å². The largest absolute Gasteiger partial charge is 0.480 e. The van der Waals surface area contributed by atoms with Crippen molar-refractivity contribution in [2.24, 2.45) is 0 Å². The van der Waals surface area contributed by atoms with Crippen LogP contribution in [-0.2, 0) is 11.3 Å². The molecule has 0 saturated heterocycles. The monoisotopic (exact) mass is 442 g/mol. The number of aliphatic carboxylic acids is 1. The van der Waals surface area contributed by atoms with Crippen molar-refractivity contribution < 1.29 is 19.1 Å². The summed E-state index contributed by atoms with van der Waals surface area (Å²) in [5.41, 5.74) is 1.78. The average molecular weight is 443 g/mol. The zero-order valence-electron chi connectivity index (χ0n) is 17.0. The van der Waals surface area contributed by atoms with E-state index in [0.29, 0.717) is 23.2 Å². The summed E-state index contributed by atoms with van der Waals surface area (Å²) in [4.78, 5) is 25.1. The predicted octanol–water partition coefficient (Wildman–Crippen LogP) is 3.97. The van der Waals surface area contributed by atoms with Crippen molar-refractivity contribution in [2.75, 3.05) is 18.0 Å². The predicted molar refractivity (Wildman–Crippen MR) is 118 cm³/mol. The minimum absolute atomic E-state index is 0.00793. The fourth-order valence-corrected chi connectivity index (χ4v) is 3.78. The number of halogens is 1. The van der Waals surface area contributed by atoms with Crippen LogP contribution in [0.3, 0.4) is 0 Å². The molecule has 3 rings (SSSR count). The van der Waals surface area contributed by atoms with Gasteiger partial charge in [0.1, 0.15) is 10.8 Å². The molecule has 2 N–H and O–H groups in total. The molecule has 0 aliphatic carbocycles. The fourth-order valence-electron chi connectivity index (χ4n) is 2.90. The van der Waals surface area contributed by atoms with Crippen LogP contribution in [0.1, 0.15) is 35.7 Å². The number of carboxylic acids is 1.